The number of nitrogens with zero attached hydrogens (tertiary/aromatic N) is 1. The molecule has 1 aromatic carbocycles. The van der Waals surface area contributed by atoms with Gasteiger partial charge in [-0.25, -0.2) is 4.79 Å². The molecular weight excluding hydrogens is 326 g/mol. The number of rotatable bonds is 7. The van der Waals surface area contributed by atoms with Crippen molar-refractivity contribution in [3.8, 4) is 11.8 Å². The van der Waals surface area contributed by atoms with Crippen LogP contribution in [-0.4, -0.2) is 42.2 Å². The smallest absolute Gasteiger partial charge is 0.344 e. The Morgan fingerprint density at radius 2 is 1.96 bits per heavy atom. The van der Waals surface area contributed by atoms with Crippen LogP contribution in [0.15, 0.2) is 30.2 Å². The third-order valence-electron chi connectivity index (χ3n) is 3.62. The van der Waals surface area contributed by atoms with Crippen LogP contribution >= 0.6 is 0 Å². The topological polar surface area (TPSA) is 49.8 Å². The lowest BCUT2D eigenvalue weighted by Crippen LogP contribution is -2.45. The van der Waals surface area contributed by atoms with E-state index >= 15 is 0 Å². The lowest BCUT2D eigenvalue weighted by molar-refractivity contribution is -0.174. The molecule has 1 aromatic rings. The lowest BCUT2D eigenvalue weighted by atomic mass is 9.73. The largest absolute Gasteiger partial charge is 0.450 e. The molecule has 26 heavy (non-hydrogen) atoms. The van der Waals surface area contributed by atoms with Gasteiger partial charge in [0.05, 0.1) is 13.4 Å². The monoisotopic (exact) mass is 373 g/mol. The van der Waals surface area contributed by atoms with Gasteiger partial charge in [0.1, 0.15) is 0 Å². The van der Waals surface area contributed by atoms with Crippen LogP contribution in [-0.2, 0) is 15.1 Å². The normalized spacial score (nSPS) is 37.1. The highest BCUT2D eigenvalue weighted by molar-refractivity contribution is 5.81. The van der Waals surface area contributed by atoms with E-state index in [1.54, 1.807) is 0 Å². The van der Waals surface area contributed by atoms with Crippen molar-refractivity contribution in [1.82, 2.24) is 4.90 Å². The first-order valence-electron chi connectivity index (χ1n) is 16.0. The van der Waals surface area contributed by atoms with Gasteiger partial charge in [-0.05, 0) is 31.4 Å². The zero-order chi connectivity index (χ0) is 33.1. The number of carbonyl (C=O) groups excluding carboxylic acids is 1. The van der Waals surface area contributed by atoms with Crippen molar-refractivity contribution in [2.24, 2.45) is 5.89 Å². The average molecular weight is 374 g/mol. The fourth-order valence-corrected chi connectivity index (χ4v) is 2.06. The number of hydrogen-bond donors (Lipinski definition) is 1. The molecule has 142 valence electrons. The van der Waals surface area contributed by atoms with Gasteiger partial charge in [0.2, 0.25) is 0 Å². The summed E-state index contributed by atoms with van der Waals surface area (Å²) in [5.41, 5.74) is -5.96. The third-order valence-corrected chi connectivity index (χ3v) is 3.62. The minimum atomic E-state index is -4.49. The Balaban J connectivity index is 3.02. The van der Waals surface area contributed by atoms with Gasteiger partial charge in [0, 0.05) is 21.0 Å². The van der Waals surface area contributed by atoms with Gasteiger partial charge < -0.3 is 9.84 Å². The Labute approximate surface area is 180 Å². The van der Waals surface area contributed by atoms with E-state index in [0.29, 0.717) is 13.1 Å². The van der Waals surface area contributed by atoms with E-state index < -0.39 is 91.7 Å². The second-order valence-electron chi connectivity index (χ2n) is 5.10. The van der Waals surface area contributed by atoms with Gasteiger partial charge in [0.25, 0.3) is 0 Å². The molecule has 4 heteroatoms. The highest BCUT2D eigenvalue weighted by Gasteiger charge is 2.46. The predicted molar refractivity (Wildman–Crippen MR) is 103 cm³/mol. The van der Waals surface area contributed by atoms with Crippen LogP contribution in [0.3, 0.4) is 0 Å². The van der Waals surface area contributed by atoms with Gasteiger partial charge in [-0.15, -0.1) is 0 Å². The van der Waals surface area contributed by atoms with E-state index in [0.717, 1.165) is 0 Å². The molecule has 0 radical (unpaired) electrons. The minimum absolute atomic E-state index is 0.195. The molecular formula is C22H31NO3. The van der Waals surface area contributed by atoms with E-state index in [4.69, 9.17) is 26.7 Å². The molecule has 1 aliphatic carbocycles. The summed E-state index contributed by atoms with van der Waals surface area (Å²) in [7, 11) is 0. The van der Waals surface area contributed by atoms with E-state index in [9.17, 15) is 9.90 Å². The standard InChI is InChI=1S/C22H31NO3/c1-3-23(4-2)17-11-12-18-26-21(24)22(25,19-13-7-5-8-14-19)20-15-9-6-10-16-20/h5,7-8,13-14,20,25H,3-4,6,9-10,15-18H2,1-2H3/i5D,6D2,7D,8D,9D2,10D2,13D,14D,15D2,16D2,20D. The van der Waals surface area contributed by atoms with Crippen molar-refractivity contribution in [3.05, 3.63) is 35.8 Å². The molecule has 1 saturated carbocycles. The van der Waals surface area contributed by atoms with Crippen LogP contribution in [0.2, 0.25) is 0 Å². The molecule has 1 aliphatic rings. The molecule has 0 saturated heterocycles. The second-order valence-corrected chi connectivity index (χ2v) is 5.10. The van der Waals surface area contributed by atoms with Crippen molar-refractivity contribution in [2.45, 2.75) is 51.3 Å². The number of ether oxygens (including phenoxy) is 1. The van der Waals surface area contributed by atoms with Crippen LogP contribution < -0.4 is 0 Å². The summed E-state index contributed by atoms with van der Waals surface area (Å²) in [5, 5.41) is 12.0. The van der Waals surface area contributed by atoms with Crippen molar-refractivity contribution in [2.75, 3.05) is 26.2 Å². The van der Waals surface area contributed by atoms with Gasteiger partial charge in [0.15, 0.2) is 12.2 Å². The van der Waals surface area contributed by atoms with Crippen LogP contribution in [0.25, 0.3) is 0 Å². The Kier molecular flexibility index (Phi) is 3.05. The predicted octanol–water partition coefficient (Wildman–Crippen LogP) is 3.34. The number of hydrogen-bond acceptors (Lipinski definition) is 4. The van der Waals surface area contributed by atoms with Gasteiger partial charge in [-0.3, -0.25) is 4.90 Å². The minimum Gasteiger partial charge on any atom is -0.450 e. The molecule has 0 aliphatic heterocycles. The highest BCUT2D eigenvalue weighted by Crippen LogP contribution is 2.40. The molecule has 0 aromatic heterocycles. The van der Waals surface area contributed by atoms with Crippen LogP contribution in [0, 0.1) is 17.7 Å². The first-order valence-corrected chi connectivity index (χ1v) is 7.99. The van der Waals surface area contributed by atoms with E-state index in [-0.39, 0.29) is 6.54 Å². The highest BCUT2D eigenvalue weighted by atomic mass is 16.5. The molecule has 0 heterocycles. The quantitative estimate of drug-likeness (QED) is 0.588. The zero-order valence-corrected chi connectivity index (χ0v) is 14.5. The molecule has 4 nitrogen and oxygen atoms in total. The van der Waals surface area contributed by atoms with E-state index in [1.807, 2.05) is 18.7 Å². The number of esters is 1. The Morgan fingerprint density at radius 1 is 1.31 bits per heavy atom. The molecule has 0 spiro atoms. The molecule has 1 fully saturated rings. The molecule has 1 atom stereocenters. The number of carbonyl (C=O) groups is 1. The fourth-order valence-electron chi connectivity index (χ4n) is 2.06. The maximum Gasteiger partial charge on any atom is 0.344 e. The summed E-state index contributed by atoms with van der Waals surface area (Å²) in [4.78, 5) is 15.5. The number of aliphatic hydroxyl groups is 1. The first-order chi connectivity index (χ1) is 18.8. The maximum atomic E-state index is 13.7. The summed E-state index contributed by atoms with van der Waals surface area (Å²) in [6.45, 7) is 4.23. The van der Waals surface area contributed by atoms with Crippen molar-refractivity contribution in [1.29, 1.82) is 0 Å². The lowest BCUT2D eigenvalue weighted by Gasteiger charge is -2.36. The second kappa shape index (κ2) is 10.4. The fraction of sp³-hybridized carbons (Fsp3) is 0.591. The number of benzene rings is 1. The van der Waals surface area contributed by atoms with Gasteiger partial charge in [-0.2, -0.15) is 0 Å². The third kappa shape index (κ3) is 5.09. The Hall–Kier alpha value is -1.83. The van der Waals surface area contributed by atoms with Crippen molar-refractivity contribution in [3.63, 3.8) is 0 Å². The van der Waals surface area contributed by atoms with Crippen LogP contribution in [0.1, 0.15) is 73.2 Å². The SMILES string of the molecule is [2H]c1c([2H])c([2H])c(C(O)(C(=O)OCC#CCN(CC)CC)C2([2H])C([2H])([2H])C([2H])([2H])C([2H])([2H])C([2H])([2H])C2([2H])[2H])c([2H])c1[2H]. The summed E-state index contributed by atoms with van der Waals surface area (Å²) in [5.74, 6) is -1.66. The Morgan fingerprint density at radius 3 is 2.58 bits per heavy atom. The molecule has 1 unspecified atom stereocenters. The van der Waals surface area contributed by atoms with Gasteiger partial charge >= 0.3 is 5.97 Å². The summed E-state index contributed by atoms with van der Waals surface area (Å²) in [6.07, 6.45) is -21.0. The van der Waals surface area contributed by atoms with E-state index in [1.165, 1.54) is 0 Å². The van der Waals surface area contributed by atoms with Crippen molar-refractivity contribution >= 4 is 5.97 Å². The zero-order valence-electron chi connectivity index (χ0n) is 30.5. The summed E-state index contributed by atoms with van der Waals surface area (Å²) >= 11 is 0. The summed E-state index contributed by atoms with van der Waals surface area (Å²) < 4.78 is 137. The van der Waals surface area contributed by atoms with Crippen LogP contribution in [0.4, 0.5) is 0 Å². The van der Waals surface area contributed by atoms with Gasteiger partial charge in [-0.1, -0.05) is 75.0 Å². The Bertz CT molecular complexity index is 1240. The van der Waals surface area contributed by atoms with E-state index in [2.05, 4.69) is 11.8 Å². The first kappa shape index (κ1) is 7.66. The molecule has 0 bridgehead atoms. The van der Waals surface area contributed by atoms with Crippen molar-refractivity contribution < 1.29 is 36.6 Å². The van der Waals surface area contributed by atoms with Crippen LogP contribution in [0.5, 0.6) is 0 Å². The molecule has 0 amide bonds. The maximum absolute atomic E-state index is 13.7. The average Bonchev–Trinajstić information content (AvgIpc) is 2.90. The summed E-state index contributed by atoms with van der Waals surface area (Å²) in [6, 6.07) is -6.30. The molecule has 2 rings (SSSR count). The molecule has 1 N–H and O–H groups in total.